The van der Waals surface area contributed by atoms with Crippen LogP contribution in [0.2, 0.25) is 0 Å². The Labute approximate surface area is 119 Å². The number of likely N-dealkylation sites (tertiary alicyclic amines) is 1. The van der Waals surface area contributed by atoms with Crippen molar-refractivity contribution in [2.24, 2.45) is 5.41 Å². The number of nitrogens with zero attached hydrogens (tertiary/aromatic N) is 1. The highest BCUT2D eigenvalue weighted by Gasteiger charge is 2.23. The van der Waals surface area contributed by atoms with E-state index in [-0.39, 0.29) is 0 Å². The van der Waals surface area contributed by atoms with Crippen LogP contribution in [-0.4, -0.2) is 18.0 Å². The van der Waals surface area contributed by atoms with E-state index < -0.39 is 0 Å². The first kappa shape index (κ1) is 13.9. The first-order chi connectivity index (χ1) is 8.46. The summed E-state index contributed by atoms with van der Waals surface area (Å²) < 4.78 is 1.06. The summed E-state index contributed by atoms with van der Waals surface area (Å²) in [5.41, 5.74) is 8.72. The summed E-state index contributed by atoms with van der Waals surface area (Å²) >= 11 is 3.46. The third kappa shape index (κ3) is 3.72. The highest BCUT2D eigenvalue weighted by atomic mass is 79.9. The second-order valence-corrected chi connectivity index (χ2v) is 7.05. The van der Waals surface area contributed by atoms with Crippen LogP contribution in [0.5, 0.6) is 0 Å². The summed E-state index contributed by atoms with van der Waals surface area (Å²) in [5.74, 6) is 0. The van der Waals surface area contributed by atoms with Gasteiger partial charge in [-0.05, 0) is 55.5 Å². The minimum absolute atomic E-state index is 0.500. The van der Waals surface area contributed by atoms with Gasteiger partial charge in [-0.2, -0.15) is 0 Å². The van der Waals surface area contributed by atoms with Gasteiger partial charge in [-0.15, -0.1) is 0 Å². The molecule has 0 amide bonds. The van der Waals surface area contributed by atoms with E-state index in [4.69, 9.17) is 5.73 Å². The molecular weight excluding hydrogens is 288 g/mol. The molecule has 0 aromatic heterocycles. The lowest BCUT2D eigenvalue weighted by molar-refractivity contribution is 0.256. The molecule has 1 fully saturated rings. The summed E-state index contributed by atoms with van der Waals surface area (Å²) in [6, 6.07) is 6.21. The van der Waals surface area contributed by atoms with E-state index >= 15 is 0 Å². The molecule has 0 atom stereocenters. The highest BCUT2D eigenvalue weighted by molar-refractivity contribution is 9.10. The van der Waals surface area contributed by atoms with Crippen LogP contribution in [0.15, 0.2) is 22.7 Å². The summed E-state index contributed by atoms with van der Waals surface area (Å²) in [7, 11) is 0. The molecule has 0 spiro atoms. The highest BCUT2D eigenvalue weighted by Crippen LogP contribution is 2.30. The number of benzene rings is 1. The van der Waals surface area contributed by atoms with Gasteiger partial charge in [0.2, 0.25) is 0 Å². The Kier molecular flexibility index (Phi) is 4.33. The van der Waals surface area contributed by atoms with Crippen molar-refractivity contribution < 1.29 is 0 Å². The Morgan fingerprint density at radius 1 is 1.28 bits per heavy atom. The third-order valence-corrected chi connectivity index (χ3v) is 4.43. The lowest BCUT2D eigenvalue weighted by atomic mass is 9.85. The zero-order chi connectivity index (χ0) is 13.2. The predicted octanol–water partition coefficient (Wildman–Crippen LogP) is 4.04. The first-order valence-corrected chi connectivity index (χ1v) is 7.52. The van der Waals surface area contributed by atoms with E-state index in [9.17, 15) is 0 Å². The molecule has 3 heteroatoms. The van der Waals surface area contributed by atoms with Gasteiger partial charge >= 0.3 is 0 Å². The molecule has 0 saturated carbocycles. The van der Waals surface area contributed by atoms with E-state index in [1.807, 2.05) is 6.07 Å². The van der Waals surface area contributed by atoms with Crippen molar-refractivity contribution in [2.75, 3.05) is 18.8 Å². The molecule has 18 heavy (non-hydrogen) atoms. The van der Waals surface area contributed by atoms with Gasteiger partial charge in [0, 0.05) is 16.7 Å². The van der Waals surface area contributed by atoms with Crippen LogP contribution in [0, 0.1) is 5.41 Å². The number of anilines is 1. The zero-order valence-corrected chi connectivity index (χ0v) is 13.0. The molecule has 2 N–H and O–H groups in total. The number of hydrogen-bond acceptors (Lipinski definition) is 2. The van der Waals surface area contributed by atoms with Gasteiger partial charge in [0.15, 0.2) is 0 Å². The van der Waals surface area contributed by atoms with Crippen LogP contribution in [0.1, 0.15) is 38.7 Å². The Morgan fingerprint density at radius 3 is 2.78 bits per heavy atom. The van der Waals surface area contributed by atoms with Gasteiger partial charge in [-0.25, -0.2) is 0 Å². The van der Waals surface area contributed by atoms with Crippen molar-refractivity contribution in [3.05, 3.63) is 28.2 Å². The van der Waals surface area contributed by atoms with Crippen LogP contribution in [0.25, 0.3) is 0 Å². The van der Waals surface area contributed by atoms with E-state index in [0.717, 1.165) is 16.7 Å². The lowest BCUT2D eigenvalue weighted by Crippen LogP contribution is -2.25. The van der Waals surface area contributed by atoms with Crippen molar-refractivity contribution in [2.45, 2.75) is 39.7 Å². The van der Waals surface area contributed by atoms with Crippen molar-refractivity contribution in [1.82, 2.24) is 4.90 Å². The van der Waals surface area contributed by atoms with E-state index in [1.165, 1.54) is 37.9 Å². The fourth-order valence-corrected chi connectivity index (χ4v) is 2.97. The minimum Gasteiger partial charge on any atom is -0.398 e. The van der Waals surface area contributed by atoms with Gasteiger partial charge in [-0.1, -0.05) is 35.8 Å². The normalized spacial score (nSPS) is 20.6. The van der Waals surface area contributed by atoms with Gasteiger partial charge < -0.3 is 5.73 Å². The summed E-state index contributed by atoms with van der Waals surface area (Å²) in [4.78, 5) is 2.54. The van der Waals surface area contributed by atoms with Crippen LogP contribution in [-0.2, 0) is 6.54 Å². The zero-order valence-electron chi connectivity index (χ0n) is 11.4. The molecule has 0 bridgehead atoms. The molecule has 0 aliphatic carbocycles. The Bertz CT molecular complexity index is 415. The summed E-state index contributed by atoms with van der Waals surface area (Å²) in [6.45, 7) is 8.12. The maximum Gasteiger partial charge on any atom is 0.0371 e. The maximum absolute atomic E-state index is 6.07. The molecule has 0 radical (unpaired) electrons. The summed E-state index contributed by atoms with van der Waals surface area (Å²) in [6.07, 6.45) is 3.91. The molecule has 2 nitrogen and oxygen atoms in total. The topological polar surface area (TPSA) is 29.3 Å². The van der Waals surface area contributed by atoms with Gasteiger partial charge in [0.05, 0.1) is 0 Å². The van der Waals surface area contributed by atoms with Gasteiger partial charge in [0.25, 0.3) is 0 Å². The van der Waals surface area contributed by atoms with Crippen molar-refractivity contribution in [3.8, 4) is 0 Å². The summed E-state index contributed by atoms with van der Waals surface area (Å²) in [5, 5.41) is 0. The van der Waals surface area contributed by atoms with Gasteiger partial charge in [0.1, 0.15) is 0 Å². The molecule has 1 aliphatic rings. The third-order valence-electron chi connectivity index (χ3n) is 3.93. The monoisotopic (exact) mass is 310 g/mol. The Morgan fingerprint density at radius 2 is 2.06 bits per heavy atom. The lowest BCUT2D eigenvalue weighted by Gasteiger charge is -2.23. The van der Waals surface area contributed by atoms with Crippen molar-refractivity contribution >= 4 is 21.6 Å². The first-order valence-electron chi connectivity index (χ1n) is 6.73. The molecule has 100 valence electrons. The standard InChI is InChI=1S/C15H23BrN2/c1-15(2)6-3-8-18(9-7-15)11-12-4-5-13(16)10-14(12)17/h4-5,10H,3,6-9,11,17H2,1-2H3. The second kappa shape index (κ2) is 5.62. The predicted molar refractivity (Wildman–Crippen MR) is 81.5 cm³/mol. The largest absolute Gasteiger partial charge is 0.398 e. The molecule has 1 saturated heterocycles. The smallest absolute Gasteiger partial charge is 0.0371 e. The van der Waals surface area contributed by atoms with Crippen LogP contribution in [0.4, 0.5) is 5.69 Å². The molecule has 2 rings (SSSR count). The number of nitrogens with two attached hydrogens (primary N) is 1. The van der Waals surface area contributed by atoms with E-state index in [2.05, 4.69) is 46.8 Å². The van der Waals surface area contributed by atoms with Crippen LogP contribution in [0.3, 0.4) is 0 Å². The minimum atomic E-state index is 0.500. The van der Waals surface area contributed by atoms with Crippen molar-refractivity contribution in [3.63, 3.8) is 0 Å². The average Bonchev–Trinajstić information content (AvgIpc) is 2.44. The number of hydrogen-bond donors (Lipinski definition) is 1. The van der Waals surface area contributed by atoms with Crippen molar-refractivity contribution in [1.29, 1.82) is 0 Å². The molecule has 1 aromatic rings. The van der Waals surface area contributed by atoms with E-state index in [1.54, 1.807) is 0 Å². The van der Waals surface area contributed by atoms with E-state index in [0.29, 0.717) is 5.41 Å². The number of halogens is 1. The number of rotatable bonds is 2. The molecule has 1 aliphatic heterocycles. The fraction of sp³-hybridized carbons (Fsp3) is 0.600. The van der Waals surface area contributed by atoms with Crippen LogP contribution < -0.4 is 5.73 Å². The Hall–Kier alpha value is -0.540. The average molecular weight is 311 g/mol. The quantitative estimate of drug-likeness (QED) is 0.835. The molecule has 0 unspecified atom stereocenters. The van der Waals surface area contributed by atoms with Gasteiger partial charge in [-0.3, -0.25) is 4.90 Å². The second-order valence-electron chi connectivity index (χ2n) is 6.14. The molecule has 1 aromatic carbocycles. The SMILES string of the molecule is CC1(C)CCCN(Cc2ccc(Br)cc2N)CC1. The van der Waals surface area contributed by atoms with Crippen LogP contribution >= 0.6 is 15.9 Å². The Balaban J connectivity index is 2.01. The number of nitrogen functional groups attached to an aromatic ring is 1. The maximum atomic E-state index is 6.07. The molecular formula is C15H23BrN2. The molecule has 1 heterocycles. The fourth-order valence-electron chi connectivity index (χ4n) is 2.59.